The Labute approximate surface area is 249 Å². The summed E-state index contributed by atoms with van der Waals surface area (Å²) in [5.74, 6) is 4.44. The molecule has 2 aromatic carbocycles. The van der Waals surface area contributed by atoms with Crippen molar-refractivity contribution in [2.45, 2.75) is 57.0 Å². The van der Waals surface area contributed by atoms with E-state index in [9.17, 15) is 26.3 Å². The zero-order chi connectivity index (χ0) is 30.6. The third-order valence-electron chi connectivity index (χ3n) is 7.43. The number of hydrogen-bond acceptors (Lipinski definition) is 7. The van der Waals surface area contributed by atoms with Crippen LogP contribution in [0.3, 0.4) is 0 Å². The van der Waals surface area contributed by atoms with Crippen molar-refractivity contribution in [3.05, 3.63) is 46.6 Å². The summed E-state index contributed by atoms with van der Waals surface area (Å²) in [7, 11) is 0. The Morgan fingerprint density at radius 3 is 2.49 bits per heavy atom. The topological polar surface area (TPSA) is 68.8 Å². The van der Waals surface area contributed by atoms with Gasteiger partial charge in [0.05, 0.1) is 46.2 Å². The zero-order valence-corrected chi connectivity index (χ0v) is 24.0. The number of benzene rings is 2. The lowest BCUT2D eigenvalue weighted by Crippen LogP contribution is -2.40. The highest BCUT2D eigenvalue weighted by atomic mass is 32.1. The molecule has 2 aliphatic rings. The van der Waals surface area contributed by atoms with Crippen LogP contribution >= 0.6 is 11.3 Å². The number of halogens is 6. The summed E-state index contributed by atoms with van der Waals surface area (Å²) in [6.45, 7) is -1.66. The second-order valence-electron chi connectivity index (χ2n) is 10.6. The van der Waals surface area contributed by atoms with E-state index in [2.05, 4.69) is 37.4 Å². The molecule has 1 saturated heterocycles. The number of fused-ring (bicyclic) bond motifs is 1. The summed E-state index contributed by atoms with van der Waals surface area (Å²) in [6.07, 6.45) is -1.17. The lowest BCUT2D eigenvalue weighted by molar-refractivity contribution is -0.126. The maximum Gasteiger partial charge on any atom is 0.393 e. The third-order valence-corrected chi connectivity index (χ3v) is 8.63. The van der Waals surface area contributed by atoms with E-state index in [1.165, 1.54) is 24.2 Å². The van der Waals surface area contributed by atoms with Crippen LogP contribution in [0, 0.1) is 17.7 Å². The Bertz CT molecular complexity index is 1470. The van der Waals surface area contributed by atoms with Crippen molar-refractivity contribution in [2.75, 3.05) is 48.7 Å². The summed E-state index contributed by atoms with van der Waals surface area (Å²) in [5.41, 5.74) is 0.620. The van der Waals surface area contributed by atoms with Crippen LogP contribution < -0.4 is 20.7 Å². The molecule has 4 N–H and O–H groups in total. The highest BCUT2D eigenvalue weighted by Crippen LogP contribution is 2.40. The van der Waals surface area contributed by atoms with Gasteiger partial charge < -0.3 is 30.7 Å². The molecule has 0 atom stereocenters. The number of alkyl halides is 5. The summed E-state index contributed by atoms with van der Waals surface area (Å²) < 4.78 is 86.5. The molecule has 0 bridgehead atoms. The van der Waals surface area contributed by atoms with Crippen LogP contribution in [0.5, 0.6) is 5.75 Å². The van der Waals surface area contributed by atoms with E-state index in [1.807, 2.05) is 6.07 Å². The zero-order valence-electron chi connectivity index (χ0n) is 23.2. The van der Waals surface area contributed by atoms with Crippen LogP contribution in [0.4, 0.5) is 43.4 Å². The molecule has 232 valence electrons. The van der Waals surface area contributed by atoms with Gasteiger partial charge in [-0.2, -0.15) is 22.0 Å². The molecule has 13 heteroatoms. The number of aliphatic hydroxyl groups excluding tert-OH is 1. The molecule has 1 saturated carbocycles. The average molecular weight is 627 g/mol. The number of hydrogen-bond donors (Lipinski definition) is 4. The molecule has 2 heterocycles. The summed E-state index contributed by atoms with van der Waals surface area (Å²) in [5, 5.41) is 18.3. The molecule has 5 rings (SSSR count). The molecule has 43 heavy (non-hydrogen) atoms. The van der Waals surface area contributed by atoms with Gasteiger partial charge in [0.25, 0.3) is 0 Å². The van der Waals surface area contributed by atoms with Gasteiger partial charge in [-0.05, 0) is 42.7 Å². The summed E-state index contributed by atoms with van der Waals surface area (Å²) in [6, 6.07) is 8.19. The van der Waals surface area contributed by atoms with Gasteiger partial charge in [0.15, 0.2) is 5.75 Å². The smallest absolute Gasteiger partial charge is 0.393 e. The Balaban J connectivity index is 1.35. The SMILES string of the molecule is OCCNc1cc(OC(F)F)c(NCC#Cc2sc3c(NC4CCN(C5CC5)CC4)cccc3c2CC(F)(F)F)cc1F. The number of piperidine rings is 1. The van der Waals surface area contributed by atoms with Gasteiger partial charge in [-0.1, -0.05) is 24.0 Å². The molecule has 1 aliphatic heterocycles. The van der Waals surface area contributed by atoms with E-state index in [0.29, 0.717) is 16.1 Å². The maximum atomic E-state index is 14.5. The summed E-state index contributed by atoms with van der Waals surface area (Å²) in [4.78, 5) is 2.76. The van der Waals surface area contributed by atoms with E-state index in [4.69, 9.17) is 5.11 Å². The van der Waals surface area contributed by atoms with Crippen LogP contribution in [-0.2, 0) is 6.42 Å². The quantitative estimate of drug-likeness (QED) is 0.141. The molecule has 2 fully saturated rings. The van der Waals surface area contributed by atoms with Gasteiger partial charge in [-0.25, -0.2) is 4.39 Å². The first-order valence-electron chi connectivity index (χ1n) is 14.1. The van der Waals surface area contributed by atoms with Gasteiger partial charge in [-0.15, -0.1) is 11.3 Å². The molecule has 6 nitrogen and oxygen atoms in total. The fraction of sp³-hybridized carbons (Fsp3) is 0.467. The Morgan fingerprint density at radius 2 is 1.81 bits per heavy atom. The van der Waals surface area contributed by atoms with E-state index in [0.717, 1.165) is 43.8 Å². The van der Waals surface area contributed by atoms with Crippen molar-refractivity contribution in [2.24, 2.45) is 0 Å². The third kappa shape index (κ3) is 8.19. The first-order chi connectivity index (χ1) is 20.6. The van der Waals surface area contributed by atoms with E-state index in [1.54, 1.807) is 12.1 Å². The van der Waals surface area contributed by atoms with E-state index in [-0.39, 0.29) is 53.3 Å². The van der Waals surface area contributed by atoms with Crippen molar-refractivity contribution in [3.8, 4) is 17.6 Å². The van der Waals surface area contributed by atoms with Crippen molar-refractivity contribution >= 4 is 38.5 Å². The standard InChI is InChI=1S/C30H32F6N4O2S/c31-22-15-25(26(42-29(32)33)16-24(22)38-11-14-41)37-10-2-5-27-21(17-30(34,35)36)20-3-1-4-23(28(20)43-27)39-18-8-12-40(13-9-18)19-6-7-19/h1,3-4,15-16,18-19,29,37-39,41H,6-14,17H2. The van der Waals surface area contributed by atoms with Crippen LogP contribution in [0.15, 0.2) is 30.3 Å². The predicted octanol–water partition coefficient (Wildman–Crippen LogP) is 6.65. The van der Waals surface area contributed by atoms with Gasteiger partial charge >= 0.3 is 12.8 Å². The minimum atomic E-state index is -4.45. The minimum absolute atomic E-state index is 0.00434. The molecule has 0 radical (unpaired) electrons. The number of nitrogens with one attached hydrogen (secondary N) is 3. The van der Waals surface area contributed by atoms with Crippen molar-refractivity contribution < 1.29 is 36.2 Å². The maximum absolute atomic E-state index is 14.5. The Hall–Kier alpha value is -3.34. The number of rotatable bonds is 11. The van der Waals surface area contributed by atoms with Crippen molar-refractivity contribution in [1.29, 1.82) is 0 Å². The lowest BCUT2D eigenvalue weighted by Gasteiger charge is -2.33. The first-order valence-corrected chi connectivity index (χ1v) is 14.9. The van der Waals surface area contributed by atoms with Gasteiger partial charge in [0.1, 0.15) is 5.82 Å². The Morgan fingerprint density at radius 1 is 1.05 bits per heavy atom. The lowest BCUT2D eigenvalue weighted by atomic mass is 10.0. The van der Waals surface area contributed by atoms with Gasteiger partial charge in [-0.3, -0.25) is 0 Å². The van der Waals surface area contributed by atoms with E-state index < -0.39 is 25.0 Å². The fourth-order valence-electron chi connectivity index (χ4n) is 5.30. The molecule has 3 aromatic rings. The number of likely N-dealkylation sites (tertiary alicyclic amines) is 1. The monoisotopic (exact) mass is 626 g/mol. The second kappa shape index (κ2) is 13.5. The van der Waals surface area contributed by atoms with Crippen LogP contribution in [-0.4, -0.2) is 67.7 Å². The minimum Gasteiger partial charge on any atom is -0.433 e. The molecule has 1 aromatic heterocycles. The van der Waals surface area contributed by atoms with Crippen LogP contribution in [0.25, 0.3) is 10.1 Å². The number of thiophene rings is 1. The first kappa shape index (κ1) is 31.1. The predicted molar refractivity (Wildman–Crippen MR) is 157 cm³/mol. The largest absolute Gasteiger partial charge is 0.433 e. The Kier molecular flexibility index (Phi) is 9.78. The molecule has 0 amide bonds. The highest BCUT2D eigenvalue weighted by molar-refractivity contribution is 7.20. The molecular formula is C30H32F6N4O2S. The number of anilines is 3. The van der Waals surface area contributed by atoms with Crippen LogP contribution in [0.1, 0.15) is 36.1 Å². The van der Waals surface area contributed by atoms with Crippen LogP contribution in [0.2, 0.25) is 0 Å². The summed E-state index contributed by atoms with van der Waals surface area (Å²) >= 11 is 1.18. The number of ether oxygens (including phenoxy) is 1. The average Bonchev–Trinajstić information content (AvgIpc) is 3.75. The molecule has 0 unspecified atom stereocenters. The molecular weight excluding hydrogens is 594 g/mol. The number of aliphatic hydroxyl groups is 1. The van der Waals surface area contributed by atoms with Gasteiger partial charge in [0, 0.05) is 43.9 Å². The van der Waals surface area contributed by atoms with Crippen molar-refractivity contribution in [1.82, 2.24) is 4.90 Å². The second-order valence-corrected chi connectivity index (χ2v) is 11.6. The normalized spacial score (nSPS) is 16.3. The number of nitrogens with zero attached hydrogens (tertiary/aromatic N) is 1. The molecule has 0 spiro atoms. The van der Waals surface area contributed by atoms with Gasteiger partial charge in [0.2, 0.25) is 0 Å². The highest BCUT2D eigenvalue weighted by Gasteiger charge is 2.33. The fourth-order valence-corrected chi connectivity index (χ4v) is 6.48. The van der Waals surface area contributed by atoms with Crippen molar-refractivity contribution in [3.63, 3.8) is 0 Å². The van der Waals surface area contributed by atoms with E-state index >= 15 is 0 Å². The molecule has 1 aliphatic carbocycles.